The molecule has 8 heteroatoms. The van der Waals surface area contributed by atoms with Crippen molar-refractivity contribution in [3.8, 4) is 0 Å². The maximum Gasteiger partial charge on any atom is 0.431 e. The number of amides is 1. The van der Waals surface area contributed by atoms with Gasteiger partial charge in [0.1, 0.15) is 0 Å². The van der Waals surface area contributed by atoms with Crippen LogP contribution in [0.15, 0.2) is 29.4 Å². The van der Waals surface area contributed by atoms with E-state index < -0.39 is 30.2 Å². The molecule has 0 radical (unpaired) electrons. The van der Waals surface area contributed by atoms with Crippen LogP contribution in [0.5, 0.6) is 0 Å². The highest BCUT2D eigenvalue weighted by Crippen LogP contribution is 2.28. The van der Waals surface area contributed by atoms with Crippen molar-refractivity contribution in [1.29, 1.82) is 0 Å². The molecule has 1 amide bonds. The maximum absolute atomic E-state index is 12.5. The van der Waals surface area contributed by atoms with Gasteiger partial charge in [0.15, 0.2) is 5.71 Å². The Morgan fingerprint density at radius 2 is 2.10 bits per heavy atom. The van der Waals surface area contributed by atoms with Gasteiger partial charge in [0, 0.05) is 0 Å². The smallest absolute Gasteiger partial charge is 0.431 e. The molecule has 0 aromatic heterocycles. The minimum atomic E-state index is -4.65. The van der Waals surface area contributed by atoms with Crippen LogP contribution < -0.4 is 5.01 Å². The molecule has 1 aliphatic heterocycles. The molecule has 0 atom stereocenters. The van der Waals surface area contributed by atoms with E-state index in [-0.39, 0.29) is 11.3 Å². The van der Waals surface area contributed by atoms with Crippen LogP contribution in [0.1, 0.15) is 16.8 Å². The van der Waals surface area contributed by atoms with E-state index >= 15 is 0 Å². The van der Waals surface area contributed by atoms with Crippen molar-refractivity contribution in [1.82, 2.24) is 0 Å². The summed E-state index contributed by atoms with van der Waals surface area (Å²) in [5.74, 6) is -1.46. The van der Waals surface area contributed by atoms with Crippen molar-refractivity contribution < 1.29 is 27.5 Å². The number of benzene rings is 1. The summed E-state index contributed by atoms with van der Waals surface area (Å²) in [4.78, 5) is 22.9. The monoisotopic (exact) mass is 286 g/mol. The molecule has 0 aliphatic carbocycles. The molecule has 1 aromatic rings. The van der Waals surface area contributed by atoms with Gasteiger partial charge in [-0.1, -0.05) is 6.07 Å². The van der Waals surface area contributed by atoms with Crippen LogP contribution in [0.3, 0.4) is 0 Å². The molecule has 20 heavy (non-hydrogen) atoms. The van der Waals surface area contributed by atoms with Crippen LogP contribution in [-0.4, -0.2) is 30.9 Å². The van der Waals surface area contributed by atoms with Gasteiger partial charge in [-0.15, -0.1) is 0 Å². The van der Waals surface area contributed by atoms with Gasteiger partial charge in [0.25, 0.3) is 5.91 Å². The zero-order chi connectivity index (χ0) is 14.9. The first kappa shape index (κ1) is 14.0. The van der Waals surface area contributed by atoms with Gasteiger partial charge in [-0.3, -0.25) is 4.79 Å². The molecule has 1 heterocycles. The summed E-state index contributed by atoms with van der Waals surface area (Å²) in [5, 5.41) is 3.89. The number of hydrazone groups is 1. The number of ether oxygens (including phenoxy) is 1. The predicted molar refractivity (Wildman–Crippen MR) is 63.4 cm³/mol. The summed E-state index contributed by atoms with van der Waals surface area (Å²) in [5.41, 5.74) is -0.962. The second-order valence-electron chi connectivity index (χ2n) is 3.97. The molecule has 0 saturated heterocycles. The molecular weight excluding hydrogens is 277 g/mol. The molecule has 0 bridgehead atoms. The van der Waals surface area contributed by atoms with Crippen LogP contribution in [0.2, 0.25) is 0 Å². The van der Waals surface area contributed by atoms with E-state index in [2.05, 4.69) is 9.84 Å². The lowest BCUT2D eigenvalue weighted by Gasteiger charge is -2.12. The third kappa shape index (κ3) is 2.63. The van der Waals surface area contributed by atoms with Crippen LogP contribution in [-0.2, 0) is 9.53 Å². The van der Waals surface area contributed by atoms with E-state index in [4.69, 9.17) is 0 Å². The quantitative estimate of drug-likeness (QED) is 0.782. The van der Waals surface area contributed by atoms with E-state index in [9.17, 15) is 22.8 Å². The van der Waals surface area contributed by atoms with Gasteiger partial charge in [-0.05, 0) is 18.2 Å². The molecule has 0 saturated carbocycles. The Morgan fingerprint density at radius 1 is 1.40 bits per heavy atom. The van der Waals surface area contributed by atoms with Gasteiger partial charge in [0.2, 0.25) is 0 Å². The average Bonchev–Trinajstić information content (AvgIpc) is 2.80. The summed E-state index contributed by atoms with van der Waals surface area (Å²) in [6.45, 7) is 0. The molecule has 2 rings (SSSR count). The number of alkyl halides is 3. The molecule has 0 unspecified atom stereocenters. The lowest BCUT2D eigenvalue weighted by atomic mass is 10.2. The van der Waals surface area contributed by atoms with Gasteiger partial charge < -0.3 is 4.74 Å². The standard InChI is InChI=1S/C12H9F3N2O3/c1-20-11(19)7-3-2-4-8(5-7)17-10(18)6-9(16-17)12(13,14)15/h2-5H,6H2,1H3. The molecule has 5 nitrogen and oxygen atoms in total. The molecule has 1 aliphatic rings. The minimum absolute atomic E-state index is 0.0807. The number of esters is 1. The van der Waals surface area contributed by atoms with Gasteiger partial charge in [0.05, 0.1) is 24.8 Å². The summed E-state index contributed by atoms with van der Waals surface area (Å²) >= 11 is 0. The highest BCUT2D eigenvalue weighted by molar-refractivity contribution is 6.15. The Kier molecular flexibility index (Phi) is 3.47. The van der Waals surface area contributed by atoms with Crippen molar-refractivity contribution in [2.24, 2.45) is 5.10 Å². The fourth-order valence-corrected chi connectivity index (χ4v) is 1.67. The second kappa shape index (κ2) is 4.95. The number of anilines is 1. The molecule has 1 aromatic carbocycles. The van der Waals surface area contributed by atoms with Crippen LogP contribution in [0.4, 0.5) is 18.9 Å². The zero-order valence-corrected chi connectivity index (χ0v) is 10.3. The normalized spacial score (nSPS) is 15.3. The first-order valence-electron chi connectivity index (χ1n) is 5.49. The average molecular weight is 286 g/mol. The van der Waals surface area contributed by atoms with E-state index in [1.54, 1.807) is 0 Å². The number of methoxy groups -OCH3 is 1. The van der Waals surface area contributed by atoms with Crippen molar-refractivity contribution in [2.45, 2.75) is 12.6 Å². The van der Waals surface area contributed by atoms with Gasteiger partial charge in [-0.2, -0.15) is 18.3 Å². The molecule has 0 fully saturated rings. The van der Waals surface area contributed by atoms with E-state index in [1.807, 2.05) is 0 Å². The molecule has 0 spiro atoms. The lowest BCUT2D eigenvalue weighted by molar-refractivity contribution is -0.117. The lowest BCUT2D eigenvalue weighted by Crippen LogP contribution is -2.22. The predicted octanol–water partition coefficient (Wildman–Crippen LogP) is 2.13. The number of halogens is 3. The van der Waals surface area contributed by atoms with Crippen LogP contribution >= 0.6 is 0 Å². The Labute approximate surface area is 111 Å². The summed E-state index contributed by atoms with van der Waals surface area (Å²) in [6, 6.07) is 5.47. The highest BCUT2D eigenvalue weighted by Gasteiger charge is 2.42. The van der Waals surface area contributed by atoms with E-state index in [0.717, 1.165) is 0 Å². The number of hydrogen-bond acceptors (Lipinski definition) is 4. The number of rotatable bonds is 2. The number of carbonyl (C=O) groups is 2. The Balaban J connectivity index is 2.35. The zero-order valence-electron chi connectivity index (χ0n) is 10.3. The summed E-state index contributed by atoms with van der Waals surface area (Å²) in [6.07, 6.45) is -5.46. The number of carbonyl (C=O) groups excluding carboxylic acids is 2. The molecular formula is C12H9F3N2O3. The Hall–Kier alpha value is -2.38. The molecule has 0 N–H and O–H groups in total. The largest absolute Gasteiger partial charge is 0.465 e. The Morgan fingerprint density at radius 3 is 2.65 bits per heavy atom. The highest BCUT2D eigenvalue weighted by atomic mass is 19.4. The first-order valence-corrected chi connectivity index (χ1v) is 5.49. The Bertz CT molecular complexity index is 596. The first-order chi connectivity index (χ1) is 9.32. The van der Waals surface area contributed by atoms with Gasteiger partial charge >= 0.3 is 12.1 Å². The molecule has 106 valence electrons. The minimum Gasteiger partial charge on any atom is -0.465 e. The topological polar surface area (TPSA) is 59.0 Å². The third-order valence-corrected chi connectivity index (χ3v) is 2.61. The number of hydrogen-bond donors (Lipinski definition) is 0. The summed E-state index contributed by atoms with van der Waals surface area (Å²) in [7, 11) is 1.18. The van der Waals surface area contributed by atoms with E-state index in [0.29, 0.717) is 5.01 Å². The van der Waals surface area contributed by atoms with Gasteiger partial charge in [-0.25, -0.2) is 9.80 Å². The van der Waals surface area contributed by atoms with Crippen molar-refractivity contribution in [3.05, 3.63) is 29.8 Å². The summed E-state index contributed by atoms with van der Waals surface area (Å²) < 4.78 is 42.0. The van der Waals surface area contributed by atoms with Crippen molar-refractivity contribution in [3.63, 3.8) is 0 Å². The maximum atomic E-state index is 12.5. The SMILES string of the molecule is COC(=O)c1cccc(N2N=C(C(F)(F)F)CC2=O)c1. The third-order valence-electron chi connectivity index (χ3n) is 2.61. The number of nitrogens with zero attached hydrogens (tertiary/aromatic N) is 2. The fourth-order valence-electron chi connectivity index (χ4n) is 1.67. The van der Waals surface area contributed by atoms with Crippen molar-refractivity contribution in [2.75, 3.05) is 12.1 Å². The van der Waals surface area contributed by atoms with Crippen molar-refractivity contribution >= 4 is 23.3 Å². The van der Waals surface area contributed by atoms with Crippen LogP contribution in [0.25, 0.3) is 0 Å². The fraction of sp³-hybridized carbons (Fsp3) is 0.250. The second-order valence-corrected chi connectivity index (χ2v) is 3.97. The van der Waals surface area contributed by atoms with Crippen LogP contribution in [0, 0.1) is 0 Å². The van der Waals surface area contributed by atoms with E-state index in [1.165, 1.54) is 31.4 Å².